The molecule has 27 heavy (non-hydrogen) atoms. The fraction of sp³-hybridized carbons (Fsp3) is 0.263. The third-order valence-electron chi connectivity index (χ3n) is 4.02. The van der Waals surface area contributed by atoms with Gasteiger partial charge in [0.25, 0.3) is 0 Å². The number of nitrogens with zero attached hydrogens (tertiary/aromatic N) is 1. The van der Waals surface area contributed by atoms with E-state index in [1.54, 1.807) is 24.3 Å². The maximum absolute atomic E-state index is 12.5. The summed E-state index contributed by atoms with van der Waals surface area (Å²) in [5.74, 6) is -0.732. The second-order valence-corrected chi connectivity index (χ2v) is 8.20. The topological polar surface area (TPSA) is 95.6 Å². The Hall–Kier alpha value is -2.87. The van der Waals surface area contributed by atoms with Gasteiger partial charge in [0.15, 0.2) is 0 Å². The van der Waals surface area contributed by atoms with Crippen molar-refractivity contribution in [3.05, 3.63) is 53.6 Å². The van der Waals surface area contributed by atoms with Gasteiger partial charge in [-0.15, -0.1) is 0 Å². The minimum atomic E-state index is -3.71. The summed E-state index contributed by atoms with van der Waals surface area (Å²) in [6, 6.07) is 11.8. The van der Waals surface area contributed by atoms with Crippen molar-refractivity contribution in [3.8, 4) is 0 Å². The number of hydrogen-bond donors (Lipinski definition) is 2. The molecule has 2 aromatic carbocycles. The number of benzene rings is 2. The minimum absolute atomic E-state index is 0.272. The van der Waals surface area contributed by atoms with E-state index in [4.69, 9.17) is 0 Å². The highest BCUT2D eigenvalue weighted by Gasteiger charge is 2.21. The summed E-state index contributed by atoms with van der Waals surface area (Å²) < 4.78 is 25.5. The second kappa shape index (κ2) is 8.22. The summed E-state index contributed by atoms with van der Waals surface area (Å²) in [5.41, 5.74) is 3.32. The van der Waals surface area contributed by atoms with E-state index >= 15 is 0 Å². The van der Waals surface area contributed by atoms with Crippen molar-refractivity contribution in [2.75, 3.05) is 27.7 Å². The van der Waals surface area contributed by atoms with Crippen LogP contribution in [-0.4, -0.2) is 33.0 Å². The third kappa shape index (κ3) is 5.55. The van der Waals surface area contributed by atoms with Gasteiger partial charge in [-0.2, -0.15) is 0 Å². The van der Waals surface area contributed by atoms with E-state index in [1.807, 2.05) is 26.0 Å². The molecule has 0 saturated carbocycles. The predicted octanol–water partition coefficient (Wildman–Crippen LogP) is 2.67. The molecule has 2 aromatic rings. The Morgan fingerprint density at radius 3 is 2.33 bits per heavy atom. The van der Waals surface area contributed by atoms with Gasteiger partial charge in [0, 0.05) is 18.3 Å². The first-order chi connectivity index (χ1) is 12.6. The van der Waals surface area contributed by atoms with Crippen LogP contribution in [0.15, 0.2) is 42.5 Å². The first-order valence-electron chi connectivity index (χ1n) is 8.29. The van der Waals surface area contributed by atoms with E-state index in [9.17, 15) is 18.0 Å². The van der Waals surface area contributed by atoms with Gasteiger partial charge in [0.1, 0.15) is 6.54 Å². The Labute approximate surface area is 159 Å². The van der Waals surface area contributed by atoms with Crippen LogP contribution in [0.3, 0.4) is 0 Å². The zero-order valence-corrected chi connectivity index (χ0v) is 16.6. The third-order valence-corrected chi connectivity index (χ3v) is 5.16. The largest absolute Gasteiger partial charge is 0.326 e. The van der Waals surface area contributed by atoms with E-state index in [-0.39, 0.29) is 12.5 Å². The lowest BCUT2D eigenvalue weighted by atomic mass is 10.1. The molecule has 0 fully saturated rings. The molecule has 144 valence electrons. The molecule has 7 nitrogen and oxygen atoms in total. The van der Waals surface area contributed by atoms with Gasteiger partial charge in [-0.05, 0) is 49.2 Å². The highest BCUT2D eigenvalue weighted by Crippen LogP contribution is 2.23. The Balaban J connectivity index is 2.26. The van der Waals surface area contributed by atoms with Gasteiger partial charge < -0.3 is 10.6 Å². The Kier molecular flexibility index (Phi) is 6.22. The van der Waals surface area contributed by atoms with Crippen LogP contribution >= 0.6 is 0 Å². The Morgan fingerprint density at radius 2 is 1.70 bits per heavy atom. The predicted molar refractivity (Wildman–Crippen MR) is 107 cm³/mol. The molecule has 2 amide bonds. The fourth-order valence-corrected chi connectivity index (χ4v) is 3.40. The molecular formula is C19H23N3O4S. The number of carbonyl (C=O) groups excluding carboxylic acids is 2. The smallest absolute Gasteiger partial charge is 0.245 e. The second-order valence-electron chi connectivity index (χ2n) is 6.30. The summed E-state index contributed by atoms with van der Waals surface area (Å²) in [6.45, 7) is 4.80. The standard InChI is InChI=1S/C19H23N3O4S/c1-13-7-5-10-18(14(13)2)21-19(24)12-22(27(4,25)26)17-9-6-8-16(11-17)20-15(3)23/h5-11H,12H2,1-4H3,(H,20,23)(H,21,24). The first kappa shape index (κ1) is 20.4. The van der Waals surface area contributed by atoms with Crippen molar-refractivity contribution in [1.29, 1.82) is 0 Å². The maximum atomic E-state index is 12.5. The number of hydrogen-bond acceptors (Lipinski definition) is 4. The molecule has 0 aliphatic carbocycles. The normalized spacial score (nSPS) is 11.0. The van der Waals surface area contributed by atoms with E-state index in [2.05, 4.69) is 10.6 Å². The van der Waals surface area contributed by atoms with Crippen LogP contribution in [0.2, 0.25) is 0 Å². The number of aryl methyl sites for hydroxylation is 1. The average Bonchev–Trinajstić information content (AvgIpc) is 2.55. The molecule has 0 bridgehead atoms. The van der Waals surface area contributed by atoms with Gasteiger partial charge in [0.2, 0.25) is 21.8 Å². The Bertz CT molecular complexity index is 971. The number of sulfonamides is 1. The fourth-order valence-electron chi connectivity index (χ4n) is 2.55. The van der Waals surface area contributed by atoms with Gasteiger partial charge in [-0.25, -0.2) is 8.42 Å². The molecule has 0 atom stereocenters. The average molecular weight is 389 g/mol. The minimum Gasteiger partial charge on any atom is -0.326 e. The number of nitrogens with one attached hydrogen (secondary N) is 2. The van der Waals surface area contributed by atoms with E-state index < -0.39 is 15.9 Å². The summed E-state index contributed by atoms with van der Waals surface area (Å²) in [4.78, 5) is 23.7. The molecular weight excluding hydrogens is 366 g/mol. The van der Waals surface area contributed by atoms with Crippen LogP contribution in [0.4, 0.5) is 17.1 Å². The summed E-state index contributed by atoms with van der Waals surface area (Å²) in [7, 11) is -3.71. The number of anilines is 3. The highest BCUT2D eigenvalue weighted by atomic mass is 32.2. The van der Waals surface area contributed by atoms with Gasteiger partial charge in [-0.1, -0.05) is 18.2 Å². The zero-order valence-electron chi connectivity index (χ0n) is 15.7. The van der Waals surface area contributed by atoms with Crippen molar-refractivity contribution < 1.29 is 18.0 Å². The van der Waals surface area contributed by atoms with Gasteiger partial charge in [0.05, 0.1) is 11.9 Å². The van der Waals surface area contributed by atoms with Crippen LogP contribution in [0.1, 0.15) is 18.1 Å². The van der Waals surface area contributed by atoms with Crippen molar-refractivity contribution in [1.82, 2.24) is 0 Å². The van der Waals surface area contributed by atoms with Crippen LogP contribution in [0.5, 0.6) is 0 Å². The maximum Gasteiger partial charge on any atom is 0.245 e. The lowest BCUT2D eigenvalue weighted by Gasteiger charge is -2.23. The van der Waals surface area contributed by atoms with Crippen LogP contribution in [-0.2, 0) is 19.6 Å². The summed E-state index contributed by atoms with van der Waals surface area (Å²) in [5, 5.41) is 5.35. The molecule has 2 rings (SSSR count). The van der Waals surface area contributed by atoms with Crippen molar-refractivity contribution in [2.45, 2.75) is 20.8 Å². The molecule has 0 spiro atoms. The van der Waals surface area contributed by atoms with Gasteiger partial charge >= 0.3 is 0 Å². The molecule has 8 heteroatoms. The number of carbonyl (C=O) groups is 2. The highest BCUT2D eigenvalue weighted by molar-refractivity contribution is 7.92. The molecule has 0 aromatic heterocycles. The van der Waals surface area contributed by atoms with E-state index in [0.29, 0.717) is 17.1 Å². The lowest BCUT2D eigenvalue weighted by Crippen LogP contribution is -2.37. The van der Waals surface area contributed by atoms with Crippen molar-refractivity contribution >= 4 is 38.9 Å². The number of rotatable bonds is 6. The summed E-state index contributed by atoms with van der Waals surface area (Å²) >= 11 is 0. The van der Waals surface area contributed by atoms with Crippen LogP contribution < -0.4 is 14.9 Å². The number of amides is 2. The van der Waals surface area contributed by atoms with E-state index in [0.717, 1.165) is 21.7 Å². The SMILES string of the molecule is CC(=O)Nc1cccc(N(CC(=O)Nc2cccc(C)c2C)S(C)(=O)=O)c1. The molecule has 0 aliphatic rings. The molecule has 0 radical (unpaired) electrons. The molecule has 2 N–H and O–H groups in total. The first-order valence-corrected chi connectivity index (χ1v) is 10.1. The van der Waals surface area contributed by atoms with Crippen molar-refractivity contribution in [3.63, 3.8) is 0 Å². The van der Waals surface area contributed by atoms with Crippen molar-refractivity contribution in [2.24, 2.45) is 0 Å². The molecule has 0 heterocycles. The van der Waals surface area contributed by atoms with Crippen LogP contribution in [0.25, 0.3) is 0 Å². The summed E-state index contributed by atoms with van der Waals surface area (Å²) in [6.07, 6.45) is 1.03. The zero-order chi connectivity index (χ0) is 20.2. The van der Waals surface area contributed by atoms with Gasteiger partial charge in [-0.3, -0.25) is 13.9 Å². The molecule has 0 aliphatic heterocycles. The lowest BCUT2D eigenvalue weighted by molar-refractivity contribution is -0.115. The quantitative estimate of drug-likeness (QED) is 0.794. The Morgan fingerprint density at radius 1 is 1.04 bits per heavy atom. The van der Waals surface area contributed by atoms with Crippen LogP contribution in [0, 0.1) is 13.8 Å². The van der Waals surface area contributed by atoms with E-state index in [1.165, 1.54) is 13.0 Å². The molecule has 0 saturated heterocycles. The molecule has 0 unspecified atom stereocenters. The monoisotopic (exact) mass is 389 g/mol.